The lowest BCUT2D eigenvalue weighted by Crippen LogP contribution is -2.42. The van der Waals surface area contributed by atoms with E-state index in [-0.39, 0.29) is 24.4 Å². The lowest BCUT2D eigenvalue weighted by Gasteiger charge is -2.26. The Labute approximate surface area is 115 Å². The number of nitrogens with one attached hydrogen (secondary N) is 1. The molecular formula is C14H27N3O2. The van der Waals surface area contributed by atoms with Gasteiger partial charge in [0.2, 0.25) is 11.8 Å². The van der Waals surface area contributed by atoms with E-state index in [4.69, 9.17) is 5.73 Å². The van der Waals surface area contributed by atoms with E-state index < -0.39 is 0 Å². The maximum atomic E-state index is 11.9. The summed E-state index contributed by atoms with van der Waals surface area (Å²) in [4.78, 5) is 24.8. The van der Waals surface area contributed by atoms with Gasteiger partial charge in [0.05, 0.1) is 6.54 Å². The van der Waals surface area contributed by atoms with Crippen molar-refractivity contribution in [2.75, 3.05) is 13.1 Å². The Balaban J connectivity index is 2.28. The van der Waals surface area contributed by atoms with E-state index in [1.807, 2.05) is 18.7 Å². The Kier molecular flexibility index (Phi) is 6.84. The number of primary amides is 1. The number of rotatable bonds is 7. The van der Waals surface area contributed by atoms with Crippen molar-refractivity contribution in [1.29, 1.82) is 0 Å². The molecule has 1 rings (SSSR count). The van der Waals surface area contributed by atoms with Crippen molar-refractivity contribution in [3.8, 4) is 0 Å². The summed E-state index contributed by atoms with van der Waals surface area (Å²) < 4.78 is 0. The van der Waals surface area contributed by atoms with Crippen molar-refractivity contribution in [2.24, 2.45) is 5.73 Å². The summed E-state index contributed by atoms with van der Waals surface area (Å²) in [7, 11) is 0. The van der Waals surface area contributed by atoms with Gasteiger partial charge in [0, 0.05) is 25.0 Å². The van der Waals surface area contributed by atoms with Crippen molar-refractivity contribution in [3.05, 3.63) is 0 Å². The SMILES string of the molecule is CC(C)N(CCC(=O)NC1CCCCC1)CC(N)=O. The molecule has 1 aliphatic carbocycles. The molecule has 0 atom stereocenters. The van der Waals surface area contributed by atoms with E-state index in [0.29, 0.717) is 19.0 Å². The van der Waals surface area contributed by atoms with Gasteiger partial charge in [-0.15, -0.1) is 0 Å². The Morgan fingerprint density at radius 3 is 2.42 bits per heavy atom. The van der Waals surface area contributed by atoms with E-state index >= 15 is 0 Å². The van der Waals surface area contributed by atoms with Gasteiger partial charge >= 0.3 is 0 Å². The molecule has 2 amide bonds. The Bertz CT molecular complexity index is 299. The monoisotopic (exact) mass is 269 g/mol. The van der Waals surface area contributed by atoms with Gasteiger partial charge in [0.1, 0.15) is 0 Å². The van der Waals surface area contributed by atoms with Crippen LogP contribution >= 0.6 is 0 Å². The molecule has 1 saturated carbocycles. The number of nitrogens with zero attached hydrogens (tertiary/aromatic N) is 1. The smallest absolute Gasteiger partial charge is 0.231 e. The van der Waals surface area contributed by atoms with Crippen molar-refractivity contribution >= 4 is 11.8 Å². The fraction of sp³-hybridized carbons (Fsp3) is 0.857. The second-order valence-electron chi connectivity index (χ2n) is 5.68. The molecule has 19 heavy (non-hydrogen) atoms. The van der Waals surface area contributed by atoms with E-state index in [1.54, 1.807) is 0 Å². The van der Waals surface area contributed by atoms with Crippen LogP contribution in [0.25, 0.3) is 0 Å². The largest absolute Gasteiger partial charge is 0.369 e. The minimum Gasteiger partial charge on any atom is -0.369 e. The molecule has 5 nitrogen and oxygen atoms in total. The van der Waals surface area contributed by atoms with Crippen LogP contribution < -0.4 is 11.1 Å². The molecule has 1 fully saturated rings. The number of carbonyl (C=O) groups excluding carboxylic acids is 2. The molecule has 5 heteroatoms. The third-order valence-electron chi connectivity index (χ3n) is 3.69. The molecule has 3 N–H and O–H groups in total. The highest BCUT2D eigenvalue weighted by Gasteiger charge is 2.17. The second-order valence-corrected chi connectivity index (χ2v) is 5.68. The number of amides is 2. The normalized spacial score (nSPS) is 16.8. The first-order valence-electron chi connectivity index (χ1n) is 7.30. The van der Waals surface area contributed by atoms with Gasteiger partial charge in [-0.3, -0.25) is 14.5 Å². The highest BCUT2D eigenvalue weighted by atomic mass is 16.2. The predicted molar refractivity (Wildman–Crippen MR) is 75.5 cm³/mol. The first-order valence-corrected chi connectivity index (χ1v) is 7.30. The molecule has 0 aromatic carbocycles. The molecular weight excluding hydrogens is 242 g/mol. The predicted octanol–water partition coefficient (Wildman–Crippen LogP) is 1.02. The zero-order valence-electron chi connectivity index (χ0n) is 12.2. The number of carbonyl (C=O) groups is 2. The third-order valence-corrected chi connectivity index (χ3v) is 3.69. The number of hydrogen-bond donors (Lipinski definition) is 2. The topological polar surface area (TPSA) is 75.4 Å². The Morgan fingerprint density at radius 1 is 1.26 bits per heavy atom. The van der Waals surface area contributed by atoms with Gasteiger partial charge in [-0.05, 0) is 26.7 Å². The average Bonchev–Trinajstić information content (AvgIpc) is 2.35. The zero-order valence-corrected chi connectivity index (χ0v) is 12.2. The molecule has 0 spiro atoms. The fourth-order valence-electron chi connectivity index (χ4n) is 2.51. The van der Waals surface area contributed by atoms with Crippen molar-refractivity contribution in [2.45, 2.75) is 64.5 Å². The Hall–Kier alpha value is -1.10. The van der Waals surface area contributed by atoms with Crippen LogP contribution in [-0.2, 0) is 9.59 Å². The van der Waals surface area contributed by atoms with Crippen LogP contribution in [0.4, 0.5) is 0 Å². The highest BCUT2D eigenvalue weighted by Crippen LogP contribution is 2.17. The maximum Gasteiger partial charge on any atom is 0.231 e. The van der Waals surface area contributed by atoms with Crippen LogP contribution in [0, 0.1) is 0 Å². The van der Waals surface area contributed by atoms with Gasteiger partial charge in [0.25, 0.3) is 0 Å². The molecule has 0 aromatic heterocycles. The summed E-state index contributed by atoms with van der Waals surface area (Å²) in [6.07, 6.45) is 6.34. The van der Waals surface area contributed by atoms with Gasteiger partial charge in [-0.1, -0.05) is 19.3 Å². The van der Waals surface area contributed by atoms with Gasteiger partial charge in [0.15, 0.2) is 0 Å². The Morgan fingerprint density at radius 2 is 1.89 bits per heavy atom. The summed E-state index contributed by atoms with van der Waals surface area (Å²) in [5, 5.41) is 3.08. The minimum atomic E-state index is -0.346. The summed E-state index contributed by atoms with van der Waals surface area (Å²) in [5.74, 6) is -0.261. The van der Waals surface area contributed by atoms with Gasteiger partial charge < -0.3 is 11.1 Å². The summed E-state index contributed by atoms with van der Waals surface area (Å²) in [6, 6.07) is 0.569. The van der Waals surface area contributed by atoms with Crippen LogP contribution in [0.1, 0.15) is 52.4 Å². The quantitative estimate of drug-likeness (QED) is 0.724. The molecule has 0 heterocycles. The number of nitrogens with two attached hydrogens (primary N) is 1. The van der Waals surface area contributed by atoms with Crippen LogP contribution in [0.2, 0.25) is 0 Å². The highest BCUT2D eigenvalue weighted by molar-refractivity contribution is 5.77. The van der Waals surface area contributed by atoms with Crippen molar-refractivity contribution < 1.29 is 9.59 Å². The summed E-state index contributed by atoms with van der Waals surface area (Å²) in [6.45, 7) is 4.80. The summed E-state index contributed by atoms with van der Waals surface area (Å²) in [5.41, 5.74) is 5.21. The minimum absolute atomic E-state index is 0.0852. The number of hydrogen-bond acceptors (Lipinski definition) is 3. The molecule has 0 bridgehead atoms. The first kappa shape index (κ1) is 16.0. The summed E-state index contributed by atoms with van der Waals surface area (Å²) >= 11 is 0. The van der Waals surface area contributed by atoms with Crippen LogP contribution in [0.15, 0.2) is 0 Å². The molecule has 110 valence electrons. The molecule has 0 unspecified atom stereocenters. The molecule has 0 aliphatic heterocycles. The molecule has 0 saturated heterocycles. The van der Waals surface area contributed by atoms with Gasteiger partial charge in [-0.25, -0.2) is 0 Å². The van der Waals surface area contributed by atoms with Gasteiger partial charge in [-0.2, -0.15) is 0 Å². The van der Waals surface area contributed by atoms with Crippen LogP contribution in [0.3, 0.4) is 0 Å². The molecule has 0 aromatic rings. The van der Waals surface area contributed by atoms with E-state index in [2.05, 4.69) is 5.32 Å². The standard InChI is InChI=1S/C14H27N3O2/c1-11(2)17(10-13(15)18)9-8-14(19)16-12-6-4-3-5-7-12/h11-12H,3-10H2,1-2H3,(H2,15,18)(H,16,19). The third kappa shape index (κ3) is 6.57. The maximum absolute atomic E-state index is 11.9. The van der Waals surface area contributed by atoms with E-state index in [0.717, 1.165) is 12.8 Å². The van der Waals surface area contributed by atoms with E-state index in [1.165, 1.54) is 19.3 Å². The van der Waals surface area contributed by atoms with Crippen LogP contribution in [0.5, 0.6) is 0 Å². The average molecular weight is 269 g/mol. The fourth-order valence-corrected chi connectivity index (χ4v) is 2.51. The van der Waals surface area contributed by atoms with Crippen molar-refractivity contribution in [3.63, 3.8) is 0 Å². The lowest BCUT2D eigenvalue weighted by molar-refractivity contribution is -0.124. The van der Waals surface area contributed by atoms with E-state index in [9.17, 15) is 9.59 Å². The molecule has 0 radical (unpaired) electrons. The zero-order chi connectivity index (χ0) is 14.3. The van der Waals surface area contributed by atoms with Crippen molar-refractivity contribution in [1.82, 2.24) is 10.2 Å². The first-order chi connectivity index (χ1) is 8.99. The molecule has 1 aliphatic rings. The second kappa shape index (κ2) is 8.15. The van der Waals surface area contributed by atoms with Crippen LogP contribution in [-0.4, -0.2) is 41.9 Å². The lowest BCUT2D eigenvalue weighted by atomic mass is 9.95.